The Morgan fingerprint density at radius 3 is 1.38 bits per heavy atom. The molecule has 0 radical (unpaired) electrons. The van der Waals surface area contributed by atoms with Crippen LogP contribution in [0.4, 0.5) is 34.1 Å². The molecule has 0 spiro atoms. The maximum absolute atomic E-state index is 7.85. The first kappa shape index (κ1) is 45.0. The summed E-state index contributed by atoms with van der Waals surface area (Å²) in [6.07, 6.45) is 0. The molecule has 5 heteroatoms. The molecule has 0 unspecified atom stereocenters. The lowest BCUT2D eigenvalue weighted by atomic mass is 9.35. The number of hydrogen-bond acceptors (Lipinski definition) is 3. The van der Waals surface area contributed by atoms with E-state index >= 15 is 0 Å². The van der Waals surface area contributed by atoms with Gasteiger partial charge in [0, 0.05) is 50.3 Å². The average Bonchev–Trinajstić information content (AvgIpc) is 3.83. The van der Waals surface area contributed by atoms with Gasteiger partial charge in [0.15, 0.2) is 5.58 Å². The third kappa shape index (κ3) is 7.16. The number of aromatic nitrogens is 1. The molecule has 69 heavy (non-hydrogen) atoms. The number of nitrogens with zero attached hydrogens (tertiary/aromatic N) is 3. The fourth-order valence-electron chi connectivity index (χ4n) is 11.1. The third-order valence-electron chi connectivity index (χ3n) is 15.2. The van der Waals surface area contributed by atoms with Crippen LogP contribution in [-0.2, 0) is 27.1 Å². The first-order valence-electron chi connectivity index (χ1n) is 25.1. The predicted molar refractivity (Wildman–Crippen MR) is 298 cm³/mol. The summed E-state index contributed by atoms with van der Waals surface area (Å²) in [5.74, 6) is 0. The highest BCUT2D eigenvalue weighted by Crippen LogP contribution is 2.49. The molecule has 4 nitrogen and oxygen atoms in total. The smallest absolute Gasteiger partial charge is 0.297 e. The highest BCUT2D eigenvalue weighted by molar-refractivity contribution is 7.00. The number of hydrogen-bond donors (Lipinski definition) is 0. The van der Waals surface area contributed by atoms with Crippen molar-refractivity contribution in [3.63, 3.8) is 0 Å². The molecular formula is C64H68BN3O. The molecule has 0 N–H and O–H groups in total. The Labute approximate surface area is 411 Å². The van der Waals surface area contributed by atoms with Gasteiger partial charge in [-0.05, 0) is 139 Å². The van der Waals surface area contributed by atoms with Gasteiger partial charge in [-0.25, -0.2) is 0 Å². The monoisotopic (exact) mass is 906 g/mol. The average molecular weight is 906 g/mol. The van der Waals surface area contributed by atoms with Crippen molar-refractivity contribution in [1.29, 1.82) is 0 Å². The van der Waals surface area contributed by atoms with Crippen molar-refractivity contribution in [2.75, 3.05) is 9.80 Å². The summed E-state index contributed by atoms with van der Waals surface area (Å²) in [5, 5.41) is 3.53. The molecule has 0 bridgehead atoms. The van der Waals surface area contributed by atoms with Crippen LogP contribution in [0.25, 0.3) is 38.5 Å². The second-order valence-electron chi connectivity index (χ2n) is 25.2. The van der Waals surface area contributed by atoms with Gasteiger partial charge < -0.3 is 18.8 Å². The molecule has 2 aliphatic heterocycles. The number of fused-ring (bicyclic) bond motifs is 10. The first-order chi connectivity index (χ1) is 32.4. The van der Waals surface area contributed by atoms with Gasteiger partial charge in [0.05, 0.1) is 22.4 Å². The summed E-state index contributed by atoms with van der Waals surface area (Å²) >= 11 is 0. The quantitative estimate of drug-likeness (QED) is 0.165. The van der Waals surface area contributed by atoms with E-state index in [1.54, 1.807) is 0 Å². The lowest BCUT2D eigenvalue weighted by molar-refractivity contribution is 0.590. The van der Waals surface area contributed by atoms with Crippen LogP contribution in [-0.4, -0.2) is 11.3 Å². The molecule has 2 aliphatic rings. The standard InChI is InChI=1S/C64H68BN3O/c1-60(2,3)39-19-27-44(28-20-39)66-52-36-26-43(64(13,14)15)38-50(52)65-55-53(66)17-16-18-54(55)68(46-31-23-41(24-32-46)62(7,8)9)57-48-34-33-47-49-37-42(63(10,11)12)25-35-51(49)67(56(47)58(48)69-59(57)65)45-29-21-40(22-30-45)61(4,5)6/h16-38H,1-15H3. The maximum atomic E-state index is 7.85. The van der Waals surface area contributed by atoms with E-state index in [-0.39, 0.29) is 33.8 Å². The topological polar surface area (TPSA) is 24.6 Å². The van der Waals surface area contributed by atoms with Gasteiger partial charge in [-0.2, -0.15) is 0 Å². The van der Waals surface area contributed by atoms with Crippen molar-refractivity contribution in [2.45, 2.75) is 131 Å². The van der Waals surface area contributed by atoms with E-state index in [0.29, 0.717) is 0 Å². The largest absolute Gasteiger partial charge is 0.466 e. The van der Waals surface area contributed by atoms with Gasteiger partial charge in [0.25, 0.3) is 6.71 Å². The van der Waals surface area contributed by atoms with Gasteiger partial charge in [-0.15, -0.1) is 0 Å². The van der Waals surface area contributed by atoms with Crippen LogP contribution in [0.3, 0.4) is 0 Å². The highest BCUT2D eigenvalue weighted by atomic mass is 16.3. The molecular weight excluding hydrogens is 838 g/mol. The van der Waals surface area contributed by atoms with Crippen molar-refractivity contribution >= 4 is 90.2 Å². The molecule has 0 saturated carbocycles. The Hall–Kier alpha value is -6.46. The summed E-state index contributed by atoms with van der Waals surface area (Å²) in [4.78, 5) is 5.01. The van der Waals surface area contributed by atoms with Crippen molar-refractivity contribution in [2.24, 2.45) is 0 Å². The normalized spacial score (nSPS) is 14.2. The molecule has 2 aromatic heterocycles. The van der Waals surface area contributed by atoms with Crippen molar-refractivity contribution in [1.82, 2.24) is 4.57 Å². The van der Waals surface area contributed by atoms with E-state index in [1.165, 1.54) is 72.1 Å². The van der Waals surface area contributed by atoms with Crippen molar-refractivity contribution < 1.29 is 4.42 Å². The van der Waals surface area contributed by atoms with E-state index in [2.05, 4.69) is 258 Å². The number of anilines is 6. The van der Waals surface area contributed by atoms with Crippen molar-refractivity contribution in [3.05, 3.63) is 167 Å². The number of rotatable bonds is 3. The van der Waals surface area contributed by atoms with E-state index < -0.39 is 0 Å². The van der Waals surface area contributed by atoms with Gasteiger partial charge >= 0.3 is 0 Å². The van der Waals surface area contributed by atoms with Crippen LogP contribution in [0.5, 0.6) is 0 Å². The van der Waals surface area contributed by atoms with E-state index in [0.717, 1.165) is 44.9 Å². The summed E-state index contributed by atoms with van der Waals surface area (Å²) in [6, 6.07) is 53.6. The number of benzene rings is 7. The zero-order valence-electron chi connectivity index (χ0n) is 43.6. The van der Waals surface area contributed by atoms with Crippen molar-refractivity contribution in [3.8, 4) is 5.69 Å². The Morgan fingerprint density at radius 2 is 0.841 bits per heavy atom. The summed E-state index contributed by atoms with van der Waals surface area (Å²) in [5.41, 5.74) is 21.3. The Bertz CT molecular complexity index is 3500. The summed E-state index contributed by atoms with van der Waals surface area (Å²) < 4.78 is 10.3. The minimum absolute atomic E-state index is 0.0133. The lowest BCUT2D eigenvalue weighted by Gasteiger charge is -2.43. The zero-order chi connectivity index (χ0) is 48.9. The second-order valence-corrected chi connectivity index (χ2v) is 25.2. The Kier molecular flexibility index (Phi) is 9.80. The van der Waals surface area contributed by atoms with E-state index in [9.17, 15) is 0 Å². The molecule has 0 saturated heterocycles. The second kappa shape index (κ2) is 15.0. The van der Waals surface area contributed by atoms with E-state index in [4.69, 9.17) is 4.42 Å². The molecule has 0 atom stereocenters. The van der Waals surface area contributed by atoms with Gasteiger partial charge in [-0.1, -0.05) is 171 Å². The Balaban J connectivity index is 1.26. The lowest BCUT2D eigenvalue weighted by Crippen LogP contribution is -2.61. The summed E-state index contributed by atoms with van der Waals surface area (Å²) in [6.45, 7) is 34.3. The number of furan rings is 1. The van der Waals surface area contributed by atoms with Crippen LogP contribution in [0, 0.1) is 0 Å². The molecule has 348 valence electrons. The molecule has 0 fully saturated rings. The zero-order valence-corrected chi connectivity index (χ0v) is 43.6. The predicted octanol–water partition coefficient (Wildman–Crippen LogP) is 16.1. The van der Waals surface area contributed by atoms with Gasteiger partial charge in [0.1, 0.15) is 0 Å². The minimum atomic E-state index is -0.169. The third-order valence-corrected chi connectivity index (χ3v) is 15.2. The molecule has 9 aromatic rings. The molecule has 11 rings (SSSR count). The van der Waals surface area contributed by atoms with Crippen LogP contribution in [0.2, 0.25) is 0 Å². The highest BCUT2D eigenvalue weighted by Gasteiger charge is 2.47. The van der Waals surface area contributed by atoms with E-state index in [1.807, 2.05) is 0 Å². The van der Waals surface area contributed by atoms with Crippen LogP contribution < -0.4 is 26.4 Å². The molecule has 4 heterocycles. The van der Waals surface area contributed by atoms with Crippen LogP contribution >= 0.6 is 0 Å². The maximum Gasteiger partial charge on any atom is 0.297 e. The molecule has 7 aromatic carbocycles. The minimum Gasteiger partial charge on any atom is -0.466 e. The molecule has 0 aliphatic carbocycles. The fourth-order valence-corrected chi connectivity index (χ4v) is 11.1. The van der Waals surface area contributed by atoms with Gasteiger partial charge in [0.2, 0.25) is 0 Å². The first-order valence-corrected chi connectivity index (χ1v) is 25.1. The van der Waals surface area contributed by atoms with Crippen LogP contribution in [0.15, 0.2) is 144 Å². The fraction of sp³-hybridized carbons (Fsp3) is 0.312. The van der Waals surface area contributed by atoms with Gasteiger partial charge in [-0.3, -0.25) is 0 Å². The Morgan fingerprint density at radius 1 is 0.391 bits per heavy atom. The summed E-state index contributed by atoms with van der Waals surface area (Å²) in [7, 11) is 0. The SMILES string of the molecule is CC(C)(C)c1ccc(N2c3ccc(C(C)(C)C)cc3B3c4oc5c(ccc6c7cc(C(C)(C)C)ccc7n(-c7ccc(C(C)(C)C)cc7)c65)c4N(c4ccc(C(C)(C)C)cc4)c4cccc2c43)cc1. The molecule has 0 amide bonds. The van der Waals surface area contributed by atoms with Crippen LogP contribution in [0.1, 0.15) is 132 Å².